The predicted molar refractivity (Wildman–Crippen MR) is 89.6 cm³/mol. The van der Waals surface area contributed by atoms with Gasteiger partial charge in [0.15, 0.2) is 6.04 Å². The van der Waals surface area contributed by atoms with E-state index in [9.17, 15) is 4.79 Å². The molecule has 0 radical (unpaired) electrons. The summed E-state index contributed by atoms with van der Waals surface area (Å²) in [4.78, 5) is 16.6. The van der Waals surface area contributed by atoms with E-state index in [-0.39, 0.29) is 12.6 Å². The maximum Gasteiger partial charge on any atom is 0.331 e. The average molecular weight is 309 g/mol. The van der Waals surface area contributed by atoms with Crippen molar-refractivity contribution in [2.45, 2.75) is 12.5 Å². The van der Waals surface area contributed by atoms with Crippen molar-refractivity contribution in [3.63, 3.8) is 0 Å². The number of hydrogen-bond acceptors (Lipinski definition) is 5. The SMILES string of the molecule is C=CCOC(=O)[C@H](Cc1ccccc1)N=C(SC)SC. The van der Waals surface area contributed by atoms with Crippen molar-refractivity contribution < 1.29 is 9.53 Å². The molecule has 1 atom stereocenters. The summed E-state index contributed by atoms with van der Waals surface area (Å²) in [5.41, 5.74) is 1.07. The van der Waals surface area contributed by atoms with Crippen LogP contribution in [0.5, 0.6) is 0 Å². The van der Waals surface area contributed by atoms with E-state index in [1.165, 1.54) is 23.5 Å². The molecule has 0 saturated heterocycles. The molecule has 0 unspecified atom stereocenters. The second-order valence-electron chi connectivity index (χ2n) is 3.93. The van der Waals surface area contributed by atoms with E-state index in [2.05, 4.69) is 11.6 Å². The zero-order valence-electron chi connectivity index (χ0n) is 11.7. The van der Waals surface area contributed by atoms with Crippen LogP contribution in [0.1, 0.15) is 5.56 Å². The lowest BCUT2D eigenvalue weighted by atomic mass is 10.1. The number of nitrogens with zero attached hydrogens (tertiary/aromatic N) is 1. The molecule has 0 N–H and O–H groups in total. The van der Waals surface area contributed by atoms with Crippen LogP contribution in [0.15, 0.2) is 48.0 Å². The van der Waals surface area contributed by atoms with Gasteiger partial charge in [0.1, 0.15) is 11.0 Å². The molecule has 0 heterocycles. The minimum absolute atomic E-state index is 0.216. The Morgan fingerprint density at radius 2 is 2.00 bits per heavy atom. The molecule has 0 aliphatic rings. The number of esters is 1. The van der Waals surface area contributed by atoms with Gasteiger partial charge in [0.05, 0.1) is 0 Å². The first-order valence-corrected chi connectivity index (χ1v) is 8.63. The van der Waals surface area contributed by atoms with Crippen LogP contribution < -0.4 is 0 Å². The molecule has 108 valence electrons. The standard InChI is InChI=1S/C15H19NO2S2/c1-4-10-18-14(17)13(16-15(19-2)20-3)11-12-8-6-5-7-9-12/h4-9,13H,1,10-11H2,2-3H3/t13-/m0/s1. The first-order chi connectivity index (χ1) is 9.71. The molecule has 0 saturated carbocycles. The van der Waals surface area contributed by atoms with Crippen LogP contribution in [0.3, 0.4) is 0 Å². The summed E-state index contributed by atoms with van der Waals surface area (Å²) in [7, 11) is 0. The van der Waals surface area contributed by atoms with Crippen LogP contribution >= 0.6 is 23.5 Å². The molecule has 0 bridgehead atoms. The highest BCUT2D eigenvalue weighted by Crippen LogP contribution is 2.15. The van der Waals surface area contributed by atoms with Crippen LogP contribution in [-0.2, 0) is 16.0 Å². The number of rotatable bonds is 6. The van der Waals surface area contributed by atoms with Crippen LogP contribution in [0, 0.1) is 0 Å². The lowest BCUT2D eigenvalue weighted by Crippen LogP contribution is -2.25. The Hall–Kier alpha value is -1.20. The summed E-state index contributed by atoms with van der Waals surface area (Å²) in [6, 6.07) is 9.33. The van der Waals surface area contributed by atoms with E-state index in [4.69, 9.17) is 4.74 Å². The number of benzene rings is 1. The van der Waals surface area contributed by atoms with Gasteiger partial charge in [-0.1, -0.05) is 43.0 Å². The maximum atomic E-state index is 12.1. The number of ether oxygens (including phenoxy) is 1. The zero-order valence-corrected chi connectivity index (χ0v) is 13.4. The quantitative estimate of drug-likeness (QED) is 0.349. The highest BCUT2D eigenvalue weighted by Gasteiger charge is 2.20. The minimum Gasteiger partial charge on any atom is -0.460 e. The molecule has 3 nitrogen and oxygen atoms in total. The Labute approximate surface area is 128 Å². The van der Waals surface area contributed by atoms with E-state index < -0.39 is 6.04 Å². The predicted octanol–water partition coefficient (Wildman–Crippen LogP) is 3.41. The van der Waals surface area contributed by atoms with E-state index in [1.807, 2.05) is 42.8 Å². The molecule has 5 heteroatoms. The Kier molecular flexibility index (Phi) is 8.14. The molecule has 0 fully saturated rings. The molecule has 0 amide bonds. The van der Waals surface area contributed by atoms with Crippen molar-refractivity contribution in [2.24, 2.45) is 4.99 Å². The number of aliphatic imine (C=N–C) groups is 1. The third kappa shape index (κ3) is 5.84. The summed E-state index contributed by atoms with van der Waals surface area (Å²) < 4.78 is 6.01. The van der Waals surface area contributed by atoms with Gasteiger partial charge in [0, 0.05) is 6.42 Å². The molecular formula is C15H19NO2S2. The smallest absolute Gasteiger partial charge is 0.331 e. The van der Waals surface area contributed by atoms with Crippen molar-refractivity contribution in [2.75, 3.05) is 19.1 Å². The van der Waals surface area contributed by atoms with Crippen LogP contribution in [0.25, 0.3) is 0 Å². The summed E-state index contributed by atoms with van der Waals surface area (Å²) >= 11 is 3.07. The molecule has 0 aliphatic carbocycles. The fourth-order valence-corrected chi connectivity index (χ4v) is 2.70. The topological polar surface area (TPSA) is 38.7 Å². The second kappa shape index (κ2) is 9.66. The fourth-order valence-electron chi connectivity index (χ4n) is 1.57. The zero-order chi connectivity index (χ0) is 14.8. The molecular weight excluding hydrogens is 290 g/mol. The number of carbonyl (C=O) groups is 1. The average Bonchev–Trinajstić information content (AvgIpc) is 2.50. The molecule has 1 rings (SSSR count). The van der Waals surface area contributed by atoms with Crippen molar-refractivity contribution in [3.8, 4) is 0 Å². The molecule has 1 aromatic carbocycles. The minimum atomic E-state index is -0.507. The fraction of sp³-hybridized carbons (Fsp3) is 0.333. The Bertz CT molecular complexity index is 454. The molecule has 0 aromatic heterocycles. The van der Waals surface area contributed by atoms with Gasteiger partial charge in [0.2, 0.25) is 0 Å². The van der Waals surface area contributed by atoms with Crippen molar-refractivity contribution in [1.82, 2.24) is 0 Å². The molecule has 0 spiro atoms. The summed E-state index contributed by atoms with van der Waals surface area (Å²) in [5.74, 6) is -0.311. The maximum absolute atomic E-state index is 12.1. The third-order valence-electron chi connectivity index (χ3n) is 2.50. The Morgan fingerprint density at radius 1 is 1.35 bits per heavy atom. The monoisotopic (exact) mass is 309 g/mol. The largest absolute Gasteiger partial charge is 0.460 e. The Balaban J connectivity index is 2.86. The number of carbonyl (C=O) groups excluding carboxylic acids is 1. The van der Waals surface area contributed by atoms with Crippen LogP contribution in [-0.4, -0.2) is 35.5 Å². The normalized spacial score (nSPS) is 11.5. The van der Waals surface area contributed by atoms with Crippen molar-refractivity contribution in [1.29, 1.82) is 0 Å². The van der Waals surface area contributed by atoms with Gasteiger partial charge < -0.3 is 4.74 Å². The molecule has 20 heavy (non-hydrogen) atoms. The molecule has 1 aromatic rings. The van der Waals surface area contributed by atoms with Crippen molar-refractivity contribution >= 4 is 33.9 Å². The second-order valence-corrected chi connectivity index (χ2v) is 5.78. The highest BCUT2D eigenvalue weighted by molar-refractivity contribution is 8.38. The van der Waals surface area contributed by atoms with Gasteiger partial charge >= 0.3 is 5.97 Å². The third-order valence-corrected chi connectivity index (χ3v) is 4.41. The van der Waals surface area contributed by atoms with Gasteiger partial charge in [-0.3, -0.25) is 4.99 Å². The number of thioether (sulfide) groups is 2. The number of hydrogen-bond donors (Lipinski definition) is 0. The molecule has 0 aliphatic heterocycles. The lowest BCUT2D eigenvalue weighted by Gasteiger charge is -2.13. The van der Waals surface area contributed by atoms with E-state index in [0.29, 0.717) is 6.42 Å². The van der Waals surface area contributed by atoms with E-state index >= 15 is 0 Å². The first-order valence-electron chi connectivity index (χ1n) is 6.18. The summed E-state index contributed by atoms with van der Waals surface area (Å²) in [5, 5.41) is 0. The van der Waals surface area contributed by atoms with Gasteiger partial charge in [-0.15, -0.1) is 23.5 Å². The van der Waals surface area contributed by atoms with Crippen LogP contribution in [0.4, 0.5) is 0 Å². The first kappa shape index (κ1) is 16.9. The lowest BCUT2D eigenvalue weighted by molar-refractivity contribution is -0.143. The van der Waals surface area contributed by atoms with Gasteiger partial charge in [-0.25, -0.2) is 4.79 Å². The van der Waals surface area contributed by atoms with Crippen LogP contribution in [0.2, 0.25) is 0 Å². The van der Waals surface area contributed by atoms with Gasteiger partial charge in [-0.2, -0.15) is 0 Å². The van der Waals surface area contributed by atoms with Gasteiger partial charge in [-0.05, 0) is 18.1 Å². The summed E-state index contributed by atoms with van der Waals surface area (Å²) in [6.45, 7) is 3.76. The van der Waals surface area contributed by atoms with E-state index in [0.717, 1.165) is 9.94 Å². The van der Waals surface area contributed by atoms with Crippen molar-refractivity contribution in [3.05, 3.63) is 48.6 Å². The van der Waals surface area contributed by atoms with E-state index in [1.54, 1.807) is 6.08 Å². The highest BCUT2D eigenvalue weighted by atomic mass is 32.2. The summed E-state index contributed by atoms with van der Waals surface area (Å²) in [6.07, 6.45) is 6.00. The Morgan fingerprint density at radius 3 is 2.55 bits per heavy atom. The van der Waals surface area contributed by atoms with Gasteiger partial charge in [0.25, 0.3) is 0 Å².